The summed E-state index contributed by atoms with van der Waals surface area (Å²) in [6.45, 7) is 8.02. The third-order valence-electron chi connectivity index (χ3n) is 2.11. The minimum atomic E-state index is -4.07. The minimum absolute atomic E-state index is 0.0379. The average molecular weight is 235 g/mol. The molecule has 0 bridgehead atoms. The van der Waals surface area contributed by atoms with E-state index < -0.39 is 12.6 Å². The lowest BCUT2D eigenvalue weighted by Crippen LogP contribution is -2.08. The van der Waals surface area contributed by atoms with Gasteiger partial charge >= 0.3 is 6.18 Å². The number of hydrogen-bond donors (Lipinski definition) is 1. The number of rotatable bonds is 3. The molecular formula is C12H20F3N. The van der Waals surface area contributed by atoms with E-state index in [1.165, 1.54) is 0 Å². The van der Waals surface area contributed by atoms with Crippen LogP contribution in [0.2, 0.25) is 0 Å². The predicted molar refractivity (Wildman–Crippen MR) is 60.6 cm³/mol. The van der Waals surface area contributed by atoms with Crippen LogP contribution in [-0.2, 0) is 6.42 Å². The van der Waals surface area contributed by atoms with Gasteiger partial charge in [-0.05, 0) is 24.0 Å². The molecule has 1 aromatic heterocycles. The number of aryl methyl sites for hydroxylation is 1. The fraction of sp³-hybridized carbons (Fsp3) is 0.667. The second-order valence-electron chi connectivity index (χ2n) is 3.73. The van der Waals surface area contributed by atoms with Gasteiger partial charge in [0.2, 0.25) is 0 Å². The molecule has 0 fully saturated rings. The van der Waals surface area contributed by atoms with Crippen molar-refractivity contribution in [3.63, 3.8) is 0 Å². The van der Waals surface area contributed by atoms with Crippen LogP contribution in [0.25, 0.3) is 0 Å². The van der Waals surface area contributed by atoms with Gasteiger partial charge in [-0.15, -0.1) is 0 Å². The first-order chi connectivity index (χ1) is 7.38. The number of aromatic amines is 1. The van der Waals surface area contributed by atoms with Crippen molar-refractivity contribution in [1.82, 2.24) is 4.98 Å². The van der Waals surface area contributed by atoms with E-state index in [1.807, 2.05) is 27.7 Å². The van der Waals surface area contributed by atoms with E-state index >= 15 is 0 Å². The highest BCUT2D eigenvalue weighted by Gasteiger charge is 2.26. The third-order valence-corrected chi connectivity index (χ3v) is 2.11. The molecule has 0 saturated carbocycles. The van der Waals surface area contributed by atoms with Crippen molar-refractivity contribution in [3.05, 3.63) is 23.5 Å². The summed E-state index contributed by atoms with van der Waals surface area (Å²) in [5.41, 5.74) is 1.72. The molecule has 0 spiro atoms. The molecule has 0 radical (unpaired) electrons. The monoisotopic (exact) mass is 235 g/mol. The van der Waals surface area contributed by atoms with Crippen molar-refractivity contribution >= 4 is 0 Å². The van der Waals surface area contributed by atoms with Crippen LogP contribution in [-0.4, -0.2) is 11.2 Å². The Kier molecular flexibility index (Phi) is 6.22. The second kappa shape index (κ2) is 6.61. The normalized spacial score (nSPS) is 11.2. The quantitative estimate of drug-likeness (QED) is 0.784. The summed E-state index contributed by atoms with van der Waals surface area (Å²) in [6, 6.07) is 1.80. The van der Waals surface area contributed by atoms with Crippen LogP contribution in [0.4, 0.5) is 13.2 Å². The lowest BCUT2D eigenvalue weighted by Gasteiger charge is -2.03. The van der Waals surface area contributed by atoms with E-state index in [1.54, 1.807) is 12.3 Å². The SMILES string of the molecule is CC.CC(C)c1c[nH]c(CCC(F)(F)F)c1. The Morgan fingerprint density at radius 2 is 1.81 bits per heavy atom. The number of halogens is 3. The highest BCUT2D eigenvalue weighted by molar-refractivity contribution is 5.19. The van der Waals surface area contributed by atoms with E-state index in [9.17, 15) is 13.2 Å². The molecular weight excluding hydrogens is 215 g/mol. The van der Waals surface area contributed by atoms with E-state index in [0.717, 1.165) is 5.56 Å². The standard InChI is InChI=1S/C10H14F3N.C2H6/c1-7(2)8-5-9(14-6-8)3-4-10(11,12)13;1-2/h5-7,14H,3-4H2,1-2H3;1-2H3. The number of nitrogens with one attached hydrogen (secondary N) is 1. The topological polar surface area (TPSA) is 15.8 Å². The van der Waals surface area contributed by atoms with Crippen LogP contribution < -0.4 is 0 Å². The van der Waals surface area contributed by atoms with Crippen molar-refractivity contribution in [2.45, 2.75) is 52.6 Å². The molecule has 1 heterocycles. The number of aromatic nitrogens is 1. The van der Waals surface area contributed by atoms with Gasteiger partial charge in [0.25, 0.3) is 0 Å². The molecule has 0 saturated heterocycles. The maximum Gasteiger partial charge on any atom is 0.389 e. The summed E-state index contributed by atoms with van der Waals surface area (Å²) in [7, 11) is 0. The fourth-order valence-corrected chi connectivity index (χ4v) is 1.21. The van der Waals surface area contributed by atoms with Gasteiger partial charge in [-0.3, -0.25) is 0 Å². The largest absolute Gasteiger partial charge is 0.389 e. The van der Waals surface area contributed by atoms with Crippen LogP contribution in [0.1, 0.15) is 51.3 Å². The van der Waals surface area contributed by atoms with Crippen molar-refractivity contribution in [1.29, 1.82) is 0 Å². The molecule has 0 aliphatic heterocycles. The van der Waals surface area contributed by atoms with Gasteiger partial charge < -0.3 is 4.98 Å². The Morgan fingerprint density at radius 1 is 1.25 bits per heavy atom. The van der Waals surface area contributed by atoms with Crippen LogP contribution in [0.15, 0.2) is 12.3 Å². The first-order valence-electron chi connectivity index (χ1n) is 5.62. The molecule has 0 atom stereocenters. The van der Waals surface area contributed by atoms with Gasteiger partial charge in [-0.25, -0.2) is 0 Å². The molecule has 16 heavy (non-hydrogen) atoms. The highest BCUT2D eigenvalue weighted by atomic mass is 19.4. The van der Waals surface area contributed by atoms with Gasteiger partial charge in [0.1, 0.15) is 0 Å². The lowest BCUT2D eigenvalue weighted by molar-refractivity contribution is -0.134. The summed E-state index contributed by atoms with van der Waals surface area (Å²) in [5.74, 6) is 0.353. The molecule has 1 nitrogen and oxygen atoms in total. The average Bonchev–Trinajstić information content (AvgIpc) is 2.65. The van der Waals surface area contributed by atoms with E-state index in [0.29, 0.717) is 11.6 Å². The predicted octanol–water partition coefficient (Wildman–Crippen LogP) is 4.66. The smallest absolute Gasteiger partial charge is 0.365 e. The zero-order valence-corrected chi connectivity index (χ0v) is 10.3. The van der Waals surface area contributed by atoms with E-state index in [2.05, 4.69) is 4.98 Å². The third kappa shape index (κ3) is 5.83. The second-order valence-corrected chi connectivity index (χ2v) is 3.73. The molecule has 0 aromatic carbocycles. The minimum Gasteiger partial charge on any atom is -0.365 e. The summed E-state index contributed by atoms with van der Waals surface area (Å²) < 4.78 is 35.7. The van der Waals surface area contributed by atoms with E-state index in [-0.39, 0.29) is 6.42 Å². The molecule has 1 aromatic rings. The van der Waals surface area contributed by atoms with Gasteiger partial charge in [-0.1, -0.05) is 27.7 Å². The Bertz CT molecular complexity index is 287. The number of H-pyrrole nitrogens is 1. The fourth-order valence-electron chi connectivity index (χ4n) is 1.21. The first kappa shape index (κ1) is 15.1. The van der Waals surface area contributed by atoms with Crippen molar-refractivity contribution in [2.75, 3.05) is 0 Å². The van der Waals surface area contributed by atoms with Crippen LogP contribution in [0.5, 0.6) is 0 Å². The molecule has 0 aliphatic rings. The van der Waals surface area contributed by atoms with E-state index in [4.69, 9.17) is 0 Å². The Balaban J connectivity index is 0.00000106. The zero-order chi connectivity index (χ0) is 12.8. The summed E-state index contributed by atoms with van der Waals surface area (Å²) in [5, 5.41) is 0. The number of hydrogen-bond acceptors (Lipinski definition) is 0. The molecule has 1 N–H and O–H groups in total. The molecule has 0 aliphatic carbocycles. The summed E-state index contributed by atoms with van der Waals surface area (Å²) in [6.07, 6.45) is -3.01. The van der Waals surface area contributed by atoms with Crippen molar-refractivity contribution < 1.29 is 13.2 Å². The van der Waals surface area contributed by atoms with Crippen LogP contribution in [0.3, 0.4) is 0 Å². The molecule has 4 heteroatoms. The molecule has 1 rings (SSSR count). The Morgan fingerprint density at radius 3 is 2.19 bits per heavy atom. The van der Waals surface area contributed by atoms with Crippen LogP contribution >= 0.6 is 0 Å². The molecule has 0 amide bonds. The van der Waals surface area contributed by atoms with Gasteiger partial charge in [0.05, 0.1) is 0 Å². The summed E-state index contributed by atoms with van der Waals surface area (Å²) >= 11 is 0. The molecule has 94 valence electrons. The maximum atomic E-state index is 11.9. The van der Waals surface area contributed by atoms with Gasteiger partial charge in [-0.2, -0.15) is 13.2 Å². The molecule has 0 unspecified atom stereocenters. The zero-order valence-electron chi connectivity index (χ0n) is 10.3. The lowest BCUT2D eigenvalue weighted by atomic mass is 10.1. The maximum absolute atomic E-state index is 11.9. The number of alkyl halides is 3. The summed E-state index contributed by atoms with van der Waals surface area (Å²) in [4.78, 5) is 2.86. The van der Waals surface area contributed by atoms with Crippen LogP contribution in [0, 0.1) is 0 Å². The highest BCUT2D eigenvalue weighted by Crippen LogP contribution is 2.23. The Labute approximate surface area is 95.1 Å². The Hall–Kier alpha value is -0.930. The van der Waals surface area contributed by atoms with Crippen molar-refractivity contribution in [2.24, 2.45) is 0 Å². The first-order valence-corrected chi connectivity index (χ1v) is 5.62. The van der Waals surface area contributed by atoms with Gasteiger partial charge in [0, 0.05) is 18.3 Å². The van der Waals surface area contributed by atoms with Crippen molar-refractivity contribution in [3.8, 4) is 0 Å². The van der Waals surface area contributed by atoms with Gasteiger partial charge in [0.15, 0.2) is 0 Å².